The topological polar surface area (TPSA) is 107 Å². The highest BCUT2D eigenvalue weighted by Gasteiger charge is 2.21. The summed E-state index contributed by atoms with van der Waals surface area (Å²) in [6, 6.07) is 11.8. The molecule has 0 fully saturated rings. The van der Waals surface area contributed by atoms with E-state index in [4.69, 9.17) is 0 Å². The molecule has 0 spiro atoms. The lowest BCUT2D eigenvalue weighted by molar-refractivity contribution is 0.0937. The van der Waals surface area contributed by atoms with Gasteiger partial charge >= 0.3 is 5.69 Å². The molecule has 0 aliphatic rings. The van der Waals surface area contributed by atoms with Crippen molar-refractivity contribution in [2.45, 2.75) is 66.6 Å². The summed E-state index contributed by atoms with van der Waals surface area (Å²) >= 11 is 0. The van der Waals surface area contributed by atoms with E-state index < -0.39 is 5.69 Å². The van der Waals surface area contributed by atoms with Crippen LogP contribution in [0.4, 0.5) is 0 Å². The van der Waals surface area contributed by atoms with Crippen molar-refractivity contribution in [3.63, 3.8) is 0 Å². The van der Waals surface area contributed by atoms with Gasteiger partial charge in [-0.3, -0.25) is 19.0 Å². The first kappa shape index (κ1) is 26.1. The second kappa shape index (κ2) is 10.5. The van der Waals surface area contributed by atoms with Crippen molar-refractivity contribution in [3.8, 4) is 0 Å². The van der Waals surface area contributed by atoms with Gasteiger partial charge in [-0.1, -0.05) is 50.6 Å². The summed E-state index contributed by atoms with van der Waals surface area (Å²) < 4.78 is 3.91. The van der Waals surface area contributed by atoms with Crippen molar-refractivity contribution in [2.24, 2.45) is 5.92 Å². The highest BCUT2D eigenvalue weighted by Crippen LogP contribution is 2.16. The zero-order valence-corrected chi connectivity index (χ0v) is 21.9. The zero-order valence-electron chi connectivity index (χ0n) is 21.9. The van der Waals surface area contributed by atoms with Gasteiger partial charge in [0.05, 0.1) is 10.9 Å². The molecular weight excluding hydrogens is 470 g/mol. The van der Waals surface area contributed by atoms with Crippen LogP contribution in [0, 0.1) is 12.8 Å². The number of hydrogen-bond acceptors (Lipinski definition) is 5. The molecule has 4 aromatic rings. The van der Waals surface area contributed by atoms with Crippen LogP contribution < -0.4 is 16.6 Å². The van der Waals surface area contributed by atoms with Crippen LogP contribution in [0.15, 0.2) is 52.1 Å². The van der Waals surface area contributed by atoms with Crippen LogP contribution in [0.2, 0.25) is 0 Å². The second-order valence-electron chi connectivity index (χ2n) is 10.0. The highest BCUT2D eigenvalue weighted by atomic mass is 16.2. The first-order chi connectivity index (χ1) is 17.6. The van der Waals surface area contributed by atoms with Gasteiger partial charge in [-0.25, -0.2) is 13.9 Å². The van der Waals surface area contributed by atoms with Gasteiger partial charge in [-0.05, 0) is 50.8 Å². The second-order valence-corrected chi connectivity index (χ2v) is 10.0. The van der Waals surface area contributed by atoms with E-state index >= 15 is 0 Å². The van der Waals surface area contributed by atoms with Gasteiger partial charge in [-0.2, -0.15) is 0 Å². The number of nitrogens with one attached hydrogen (secondary N) is 1. The smallest absolute Gasteiger partial charge is 0.350 e. The standard InChI is InChI=1S/C28H33N5O4/c1-6-19(5)29-25(35)21-11-12-22-23(15-21)33-27(31(26(22)36)14-13-17(2)3)30-32(28(33)37)16-24(34)20-9-7-18(4)8-10-20/h7-12,15,17,19H,6,13-14,16H2,1-5H3,(H,29,35). The molecule has 1 atom stereocenters. The van der Waals surface area contributed by atoms with E-state index in [1.807, 2.05) is 32.9 Å². The van der Waals surface area contributed by atoms with Gasteiger partial charge in [0.2, 0.25) is 5.78 Å². The Bertz CT molecular complexity index is 1590. The first-order valence-corrected chi connectivity index (χ1v) is 12.7. The summed E-state index contributed by atoms with van der Waals surface area (Å²) in [5, 5.41) is 7.65. The van der Waals surface area contributed by atoms with Crippen LogP contribution >= 0.6 is 0 Å². The third-order valence-corrected chi connectivity index (χ3v) is 6.63. The number of benzene rings is 2. The largest absolute Gasteiger partial charge is 0.352 e. The maximum atomic E-state index is 13.6. The number of amides is 1. The van der Waals surface area contributed by atoms with Crippen LogP contribution in [0.25, 0.3) is 16.7 Å². The van der Waals surface area contributed by atoms with Gasteiger partial charge in [-0.15, -0.1) is 5.10 Å². The van der Waals surface area contributed by atoms with Crippen LogP contribution in [0.1, 0.15) is 66.8 Å². The lowest BCUT2D eigenvalue weighted by Crippen LogP contribution is -2.32. The minimum atomic E-state index is -0.543. The average molecular weight is 504 g/mol. The molecule has 2 aromatic heterocycles. The maximum Gasteiger partial charge on any atom is 0.352 e. The molecule has 1 amide bonds. The Labute approximate surface area is 214 Å². The minimum absolute atomic E-state index is 0.0227. The summed E-state index contributed by atoms with van der Waals surface area (Å²) in [4.78, 5) is 52.8. The number of ketones is 1. The summed E-state index contributed by atoms with van der Waals surface area (Å²) in [5.74, 6) is -0.0755. The number of carbonyl (C=O) groups is 2. The monoisotopic (exact) mass is 503 g/mol. The predicted octanol–water partition coefficient (Wildman–Crippen LogP) is 3.58. The number of aryl methyl sites for hydroxylation is 2. The minimum Gasteiger partial charge on any atom is -0.350 e. The molecule has 0 saturated carbocycles. The molecule has 2 heterocycles. The van der Waals surface area contributed by atoms with Crippen molar-refractivity contribution in [3.05, 3.63) is 80.0 Å². The number of carbonyl (C=O) groups excluding carboxylic acids is 2. The van der Waals surface area contributed by atoms with Gasteiger partial charge in [0.25, 0.3) is 11.5 Å². The zero-order chi connectivity index (χ0) is 26.9. The number of rotatable bonds is 9. The van der Waals surface area contributed by atoms with Crippen LogP contribution in [-0.4, -0.2) is 36.5 Å². The Balaban J connectivity index is 1.89. The molecule has 9 heteroatoms. The summed E-state index contributed by atoms with van der Waals surface area (Å²) in [5.41, 5.74) is 1.29. The van der Waals surface area contributed by atoms with E-state index in [0.29, 0.717) is 35.4 Å². The molecule has 1 N–H and O–H groups in total. The Morgan fingerprint density at radius 2 is 1.68 bits per heavy atom. The van der Waals surface area contributed by atoms with Crippen molar-refractivity contribution < 1.29 is 9.59 Å². The van der Waals surface area contributed by atoms with Crippen molar-refractivity contribution >= 4 is 28.4 Å². The number of Topliss-reactive ketones (excluding diaryl/α,β-unsaturated/α-hetero) is 1. The van der Waals surface area contributed by atoms with Crippen LogP contribution in [0.3, 0.4) is 0 Å². The van der Waals surface area contributed by atoms with Crippen molar-refractivity contribution in [2.75, 3.05) is 0 Å². The molecular formula is C28H33N5O4. The number of aromatic nitrogens is 4. The van der Waals surface area contributed by atoms with Crippen LogP contribution in [0.5, 0.6) is 0 Å². The van der Waals surface area contributed by atoms with Crippen molar-refractivity contribution in [1.29, 1.82) is 0 Å². The van der Waals surface area contributed by atoms with Crippen molar-refractivity contribution in [1.82, 2.24) is 24.1 Å². The quantitative estimate of drug-likeness (QED) is 0.351. The molecule has 194 valence electrons. The molecule has 37 heavy (non-hydrogen) atoms. The summed E-state index contributed by atoms with van der Waals surface area (Å²) in [6.07, 6.45) is 1.48. The summed E-state index contributed by atoms with van der Waals surface area (Å²) in [7, 11) is 0. The van der Waals surface area contributed by atoms with E-state index in [9.17, 15) is 19.2 Å². The normalized spacial score (nSPS) is 12.4. The molecule has 0 aliphatic carbocycles. The molecule has 0 radical (unpaired) electrons. The number of hydrogen-bond donors (Lipinski definition) is 1. The molecule has 2 aromatic carbocycles. The Kier molecular flexibility index (Phi) is 7.42. The number of fused-ring (bicyclic) bond motifs is 3. The molecule has 0 saturated heterocycles. The number of nitrogens with zero attached hydrogens (tertiary/aromatic N) is 4. The lowest BCUT2D eigenvalue weighted by Gasteiger charge is -2.13. The summed E-state index contributed by atoms with van der Waals surface area (Å²) in [6.45, 7) is 10.0. The molecule has 0 aliphatic heterocycles. The molecule has 4 rings (SSSR count). The van der Waals surface area contributed by atoms with E-state index in [0.717, 1.165) is 16.7 Å². The van der Waals surface area contributed by atoms with Gasteiger partial charge < -0.3 is 5.32 Å². The molecule has 1 unspecified atom stereocenters. The Morgan fingerprint density at radius 1 is 1.00 bits per heavy atom. The van der Waals surface area contributed by atoms with Crippen LogP contribution in [-0.2, 0) is 13.1 Å². The van der Waals surface area contributed by atoms with E-state index in [1.165, 1.54) is 8.97 Å². The highest BCUT2D eigenvalue weighted by molar-refractivity contribution is 5.98. The fraction of sp³-hybridized carbons (Fsp3) is 0.393. The average Bonchev–Trinajstić information content (AvgIpc) is 3.19. The fourth-order valence-electron chi connectivity index (χ4n) is 4.12. The third kappa shape index (κ3) is 5.26. The maximum absolute atomic E-state index is 13.6. The molecule has 9 nitrogen and oxygen atoms in total. The SMILES string of the molecule is CCC(C)NC(=O)c1ccc2c(=O)n(CCC(C)C)c3nn(CC(=O)c4ccc(C)cc4)c(=O)n3c2c1. The van der Waals surface area contributed by atoms with E-state index in [1.54, 1.807) is 30.3 Å². The van der Waals surface area contributed by atoms with Gasteiger partial charge in [0.15, 0.2) is 5.78 Å². The fourth-order valence-corrected chi connectivity index (χ4v) is 4.12. The van der Waals surface area contributed by atoms with E-state index in [2.05, 4.69) is 24.3 Å². The third-order valence-electron chi connectivity index (χ3n) is 6.63. The van der Waals surface area contributed by atoms with Gasteiger partial charge in [0.1, 0.15) is 6.54 Å². The molecule has 0 bridgehead atoms. The first-order valence-electron chi connectivity index (χ1n) is 12.7. The van der Waals surface area contributed by atoms with Gasteiger partial charge in [0, 0.05) is 23.7 Å². The Hall–Kier alpha value is -4.01. The Morgan fingerprint density at radius 3 is 2.32 bits per heavy atom. The predicted molar refractivity (Wildman–Crippen MR) is 143 cm³/mol. The lowest BCUT2D eigenvalue weighted by atomic mass is 10.1. The van der Waals surface area contributed by atoms with E-state index in [-0.39, 0.29) is 41.1 Å².